The van der Waals surface area contributed by atoms with E-state index in [1.807, 2.05) is 5.38 Å². The molecule has 1 aromatic carbocycles. The lowest BCUT2D eigenvalue weighted by molar-refractivity contribution is 0.476. The van der Waals surface area contributed by atoms with Crippen LogP contribution in [-0.4, -0.2) is 19.9 Å². The number of nitrogens with zero attached hydrogens (tertiary/aromatic N) is 4. The van der Waals surface area contributed by atoms with Gasteiger partial charge in [0.05, 0.1) is 11.4 Å². The SMILES string of the molecule is Cc1[nH]n(-c2nc(C(C)(C)C)cs2)c(=O)c1N=Nc1ccccc1O. The Morgan fingerprint density at radius 3 is 2.60 bits per heavy atom. The van der Waals surface area contributed by atoms with Gasteiger partial charge in [0, 0.05) is 10.8 Å². The van der Waals surface area contributed by atoms with Crippen molar-refractivity contribution in [2.45, 2.75) is 33.1 Å². The van der Waals surface area contributed by atoms with E-state index in [1.165, 1.54) is 22.1 Å². The third-order valence-corrected chi connectivity index (χ3v) is 4.46. The maximum atomic E-state index is 12.6. The monoisotopic (exact) mass is 357 g/mol. The third kappa shape index (κ3) is 3.39. The topological polar surface area (TPSA) is 95.6 Å². The van der Waals surface area contributed by atoms with Gasteiger partial charge in [-0.2, -0.15) is 4.68 Å². The van der Waals surface area contributed by atoms with Crippen molar-refractivity contribution < 1.29 is 5.11 Å². The third-order valence-electron chi connectivity index (χ3n) is 3.63. The average Bonchev–Trinajstić information content (AvgIpc) is 3.13. The number of benzene rings is 1. The van der Waals surface area contributed by atoms with Crippen LogP contribution in [0.2, 0.25) is 0 Å². The Morgan fingerprint density at radius 1 is 1.24 bits per heavy atom. The number of aromatic nitrogens is 3. The Labute approximate surface area is 148 Å². The molecule has 0 atom stereocenters. The van der Waals surface area contributed by atoms with Crippen LogP contribution in [0, 0.1) is 6.92 Å². The molecule has 0 saturated carbocycles. The Kier molecular flexibility index (Phi) is 4.30. The minimum atomic E-state index is -0.327. The first-order valence-electron chi connectivity index (χ1n) is 7.75. The second kappa shape index (κ2) is 6.29. The number of para-hydroxylation sites is 1. The number of nitrogens with one attached hydrogen (secondary N) is 1. The molecule has 0 aliphatic heterocycles. The predicted molar refractivity (Wildman–Crippen MR) is 97.8 cm³/mol. The van der Waals surface area contributed by atoms with E-state index >= 15 is 0 Å². The summed E-state index contributed by atoms with van der Waals surface area (Å²) in [5.41, 5.74) is 1.58. The second-order valence-corrected chi connectivity index (χ2v) is 7.52. The molecule has 7 nitrogen and oxygen atoms in total. The van der Waals surface area contributed by atoms with E-state index in [0.29, 0.717) is 16.5 Å². The number of phenolic OH excluding ortho intramolecular Hbond substituents is 1. The number of aromatic amines is 1. The van der Waals surface area contributed by atoms with Gasteiger partial charge in [0.15, 0.2) is 5.69 Å². The van der Waals surface area contributed by atoms with Crippen molar-refractivity contribution in [3.05, 3.63) is 51.4 Å². The molecule has 2 aromatic heterocycles. The van der Waals surface area contributed by atoms with E-state index < -0.39 is 0 Å². The van der Waals surface area contributed by atoms with E-state index in [9.17, 15) is 9.90 Å². The van der Waals surface area contributed by atoms with Gasteiger partial charge in [-0.1, -0.05) is 32.9 Å². The molecule has 2 heterocycles. The highest BCUT2D eigenvalue weighted by Gasteiger charge is 2.20. The fraction of sp³-hybridized carbons (Fsp3) is 0.294. The van der Waals surface area contributed by atoms with E-state index in [2.05, 4.69) is 41.1 Å². The van der Waals surface area contributed by atoms with Crippen molar-refractivity contribution >= 4 is 22.7 Å². The van der Waals surface area contributed by atoms with Crippen LogP contribution in [0.15, 0.2) is 44.7 Å². The van der Waals surface area contributed by atoms with Crippen LogP contribution in [0.5, 0.6) is 5.75 Å². The zero-order valence-corrected chi connectivity index (χ0v) is 15.3. The van der Waals surface area contributed by atoms with Gasteiger partial charge >= 0.3 is 5.56 Å². The summed E-state index contributed by atoms with van der Waals surface area (Å²) in [5, 5.41) is 23.2. The summed E-state index contributed by atoms with van der Waals surface area (Å²) < 4.78 is 1.37. The number of thiazole rings is 1. The van der Waals surface area contributed by atoms with Gasteiger partial charge in [-0.25, -0.2) is 4.98 Å². The van der Waals surface area contributed by atoms with Crippen LogP contribution in [-0.2, 0) is 5.41 Å². The van der Waals surface area contributed by atoms with Crippen molar-refractivity contribution in [3.8, 4) is 10.9 Å². The molecule has 0 bridgehead atoms. The van der Waals surface area contributed by atoms with E-state index in [-0.39, 0.29) is 22.4 Å². The van der Waals surface area contributed by atoms with Gasteiger partial charge < -0.3 is 5.11 Å². The first kappa shape index (κ1) is 17.1. The molecule has 0 unspecified atom stereocenters. The minimum Gasteiger partial charge on any atom is -0.506 e. The molecular formula is C17H19N5O2S. The van der Waals surface area contributed by atoms with Crippen LogP contribution < -0.4 is 5.56 Å². The number of azo groups is 1. The molecule has 130 valence electrons. The van der Waals surface area contributed by atoms with Gasteiger partial charge in [-0.05, 0) is 19.1 Å². The summed E-state index contributed by atoms with van der Waals surface area (Å²) in [6.45, 7) is 7.96. The summed E-state index contributed by atoms with van der Waals surface area (Å²) in [6, 6.07) is 6.56. The first-order valence-corrected chi connectivity index (χ1v) is 8.63. The lowest BCUT2D eigenvalue weighted by Gasteiger charge is -2.13. The van der Waals surface area contributed by atoms with Crippen molar-refractivity contribution in [1.82, 2.24) is 14.8 Å². The smallest absolute Gasteiger partial charge is 0.301 e. The lowest BCUT2D eigenvalue weighted by Crippen LogP contribution is -2.16. The first-order chi connectivity index (χ1) is 11.8. The largest absolute Gasteiger partial charge is 0.506 e. The number of hydrogen-bond acceptors (Lipinski definition) is 6. The number of H-pyrrole nitrogens is 1. The molecule has 25 heavy (non-hydrogen) atoms. The predicted octanol–water partition coefficient (Wildman–Crippen LogP) is 4.35. The van der Waals surface area contributed by atoms with E-state index in [4.69, 9.17) is 0 Å². The summed E-state index contributed by atoms with van der Waals surface area (Å²) in [6.07, 6.45) is 0. The number of aromatic hydroxyl groups is 1. The molecule has 3 aromatic rings. The van der Waals surface area contributed by atoms with Gasteiger partial charge in [-0.3, -0.25) is 9.89 Å². The number of aryl methyl sites for hydroxylation is 1. The highest BCUT2D eigenvalue weighted by Crippen LogP contribution is 2.28. The highest BCUT2D eigenvalue weighted by atomic mass is 32.1. The van der Waals surface area contributed by atoms with E-state index in [0.717, 1.165) is 5.69 Å². The van der Waals surface area contributed by atoms with E-state index in [1.54, 1.807) is 25.1 Å². The van der Waals surface area contributed by atoms with Crippen LogP contribution in [0.3, 0.4) is 0 Å². The Hall–Kier alpha value is -2.74. The van der Waals surface area contributed by atoms with Crippen LogP contribution in [0.4, 0.5) is 11.4 Å². The fourth-order valence-electron chi connectivity index (χ4n) is 2.15. The molecule has 3 rings (SSSR count). The Balaban J connectivity index is 1.98. The zero-order chi connectivity index (χ0) is 18.2. The van der Waals surface area contributed by atoms with Crippen LogP contribution in [0.25, 0.3) is 5.13 Å². The molecule has 0 saturated heterocycles. The maximum absolute atomic E-state index is 12.6. The van der Waals surface area contributed by atoms with Gasteiger partial charge in [-0.15, -0.1) is 21.6 Å². The maximum Gasteiger partial charge on any atom is 0.301 e. The van der Waals surface area contributed by atoms with Crippen LogP contribution >= 0.6 is 11.3 Å². The normalized spacial score (nSPS) is 12.2. The summed E-state index contributed by atoms with van der Waals surface area (Å²) in [7, 11) is 0. The Bertz CT molecular complexity index is 991. The average molecular weight is 357 g/mol. The molecule has 2 N–H and O–H groups in total. The summed E-state index contributed by atoms with van der Waals surface area (Å²) >= 11 is 1.39. The minimum absolute atomic E-state index is 0.00880. The molecule has 0 amide bonds. The molecule has 8 heteroatoms. The quantitative estimate of drug-likeness (QED) is 0.682. The second-order valence-electron chi connectivity index (χ2n) is 6.68. The van der Waals surface area contributed by atoms with Crippen molar-refractivity contribution in [2.75, 3.05) is 0 Å². The van der Waals surface area contributed by atoms with Gasteiger partial charge in [0.2, 0.25) is 5.13 Å². The molecule has 0 aliphatic carbocycles. The van der Waals surface area contributed by atoms with Gasteiger partial charge in [0.1, 0.15) is 11.4 Å². The van der Waals surface area contributed by atoms with Crippen molar-refractivity contribution in [1.29, 1.82) is 0 Å². The highest BCUT2D eigenvalue weighted by molar-refractivity contribution is 7.12. The Morgan fingerprint density at radius 2 is 1.96 bits per heavy atom. The fourth-order valence-corrected chi connectivity index (χ4v) is 3.16. The zero-order valence-electron chi connectivity index (χ0n) is 14.4. The summed E-state index contributed by atoms with van der Waals surface area (Å²) in [5.74, 6) is 0.00880. The molecule has 0 aliphatic rings. The molecule has 0 fully saturated rings. The summed E-state index contributed by atoms with van der Waals surface area (Å²) in [4.78, 5) is 17.2. The molecule has 0 radical (unpaired) electrons. The van der Waals surface area contributed by atoms with Gasteiger partial charge in [0.25, 0.3) is 0 Å². The number of hydrogen-bond donors (Lipinski definition) is 2. The number of phenols is 1. The molecule has 0 spiro atoms. The molecular weight excluding hydrogens is 338 g/mol. The van der Waals surface area contributed by atoms with Crippen LogP contribution in [0.1, 0.15) is 32.2 Å². The lowest BCUT2D eigenvalue weighted by atomic mass is 9.93. The van der Waals surface area contributed by atoms with Crippen molar-refractivity contribution in [2.24, 2.45) is 10.2 Å². The standard InChI is InChI=1S/C17H19N5O2S/c1-10-14(20-19-11-7-5-6-8-12(11)23)15(24)22(21-10)16-18-13(9-25-16)17(2,3)4/h5-9,21,23H,1-4H3. The number of rotatable bonds is 3. The van der Waals surface area contributed by atoms with Crippen molar-refractivity contribution in [3.63, 3.8) is 0 Å².